The molecule has 0 aliphatic heterocycles. The number of benzene rings is 1. The van der Waals surface area contributed by atoms with E-state index in [2.05, 4.69) is 5.32 Å². The van der Waals surface area contributed by atoms with Crippen molar-refractivity contribution in [1.29, 1.82) is 0 Å². The fourth-order valence-corrected chi connectivity index (χ4v) is 1.39. The first kappa shape index (κ1) is 14.9. The molecule has 0 amide bonds. The molecule has 0 heterocycles. The van der Waals surface area contributed by atoms with Crippen LogP contribution in [0.3, 0.4) is 0 Å². The van der Waals surface area contributed by atoms with Gasteiger partial charge in [0.25, 0.3) is 5.69 Å². The number of aliphatic hydroxyl groups is 1. The number of nitro benzene ring substituents is 1. The fourth-order valence-electron chi connectivity index (χ4n) is 1.39. The lowest BCUT2D eigenvalue weighted by atomic mass is 10.0. The fraction of sp³-hybridized carbons (Fsp3) is 0.417. The standard InChI is InChI=1S/C12H16N2O5/c1-3-12(2,17)7-13-8-4-5-10(14(18)19)9(6-8)11(15)16/h4-6,13,17H,3,7H2,1-2H3,(H,15,16). The van der Waals surface area contributed by atoms with Crippen molar-refractivity contribution in [3.05, 3.63) is 33.9 Å². The highest BCUT2D eigenvalue weighted by Gasteiger charge is 2.21. The van der Waals surface area contributed by atoms with Crippen molar-refractivity contribution in [2.24, 2.45) is 0 Å². The molecular formula is C12H16N2O5. The molecule has 19 heavy (non-hydrogen) atoms. The van der Waals surface area contributed by atoms with Crippen molar-refractivity contribution in [2.45, 2.75) is 25.9 Å². The Bertz CT molecular complexity index is 499. The second-order valence-corrected chi connectivity index (χ2v) is 4.50. The van der Waals surface area contributed by atoms with Gasteiger partial charge in [0.15, 0.2) is 0 Å². The number of rotatable bonds is 6. The molecule has 7 nitrogen and oxygen atoms in total. The van der Waals surface area contributed by atoms with Crippen LogP contribution >= 0.6 is 0 Å². The maximum atomic E-state index is 11.0. The molecule has 0 aliphatic carbocycles. The minimum atomic E-state index is -1.36. The van der Waals surface area contributed by atoms with Crippen LogP contribution in [0, 0.1) is 10.1 Å². The molecule has 7 heteroatoms. The monoisotopic (exact) mass is 268 g/mol. The molecule has 1 rings (SSSR count). The number of hydrogen-bond donors (Lipinski definition) is 3. The van der Waals surface area contributed by atoms with Gasteiger partial charge in [-0.3, -0.25) is 10.1 Å². The van der Waals surface area contributed by atoms with Gasteiger partial charge < -0.3 is 15.5 Å². The second kappa shape index (κ2) is 5.66. The summed E-state index contributed by atoms with van der Waals surface area (Å²) in [5.41, 5.74) is -1.35. The molecule has 0 aliphatic rings. The molecule has 0 saturated carbocycles. The van der Waals surface area contributed by atoms with Gasteiger partial charge in [0.05, 0.1) is 10.5 Å². The number of carboxylic acid groups (broad SMARTS) is 1. The Morgan fingerprint density at radius 1 is 1.53 bits per heavy atom. The summed E-state index contributed by atoms with van der Waals surface area (Å²) in [6.07, 6.45) is 0.527. The van der Waals surface area contributed by atoms with Gasteiger partial charge in [0.2, 0.25) is 0 Å². The van der Waals surface area contributed by atoms with E-state index in [0.29, 0.717) is 12.1 Å². The number of nitro groups is 1. The molecule has 1 unspecified atom stereocenters. The van der Waals surface area contributed by atoms with Crippen molar-refractivity contribution in [3.8, 4) is 0 Å². The summed E-state index contributed by atoms with van der Waals surface area (Å²) in [6, 6.07) is 3.73. The van der Waals surface area contributed by atoms with Crippen LogP contribution in [-0.4, -0.2) is 33.3 Å². The van der Waals surface area contributed by atoms with E-state index in [0.717, 1.165) is 6.07 Å². The lowest BCUT2D eigenvalue weighted by Gasteiger charge is -2.22. The third kappa shape index (κ3) is 3.92. The Labute approximate surface area is 110 Å². The van der Waals surface area contributed by atoms with Gasteiger partial charge in [0, 0.05) is 18.3 Å². The van der Waals surface area contributed by atoms with Crippen LogP contribution in [0.15, 0.2) is 18.2 Å². The van der Waals surface area contributed by atoms with Crippen molar-refractivity contribution in [3.63, 3.8) is 0 Å². The van der Waals surface area contributed by atoms with Gasteiger partial charge >= 0.3 is 5.97 Å². The number of carboxylic acids is 1. The number of carbonyl (C=O) groups is 1. The van der Waals surface area contributed by atoms with Crippen LogP contribution in [0.1, 0.15) is 30.6 Å². The van der Waals surface area contributed by atoms with E-state index in [4.69, 9.17) is 5.11 Å². The summed E-state index contributed by atoms with van der Waals surface area (Å²) in [7, 11) is 0. The minimum absolute atomic E-state index is 0.223. The molecule has 3 N–H and O–H groups in total. The molecule has 104 valence electrons. The summed E-state index contributed by atoms with van der Waals surface area (Å²) in [4.78, 5) is 20.9. The normalized spacial score (nSPS) is 13.6. The molecule has 0 spiro atoms. The molecule has 0 fully saturated rings. The number of nitrogens with zero attached hydrogens (tertiary/aromatic N) is 1. The zero-order valence-corrected chi connectivity index (χ0v) is 10.7. The van der Waals surface area contributed by atoms with Gasteiger partial charge in [-0.15, -0.1) is 0 Å². The second-order valence-electron chi connectivity index (χ2n) is 4.50. The summed E-state index contributed by atoms with van der Waals surface area (Å²) in [6.45, 7) is 3.68. The molecule has 1 aromatic rings. The Hall–Kier alpha value is -2.15. The van der Waals surface area contributed by atoms with Crippen LogP contribution in [0.5, 0.6) is 0 Å². The predicted molar refractivity (Wildman–Crippen MR) is 69.5 cm³/mol. The Morgan fingerprint density at radius 2 is 2.16 bits per heavy atom. The minimum Gasteiger partial charge on any atom is -0.477 e. The van der Waals surface area contributed by atoms with E-state index in [1.54, 1.807) is 6.92 Å². The summed E-state index contributed by atoms with van der Waals surface area (Å²) in [5, 5.41) is 32.3. The molecule has 0 aromatic heterocycles. The summed E-state index contributed by atoms with van der Waals surface area (Å²) >= 11 is 0. The van der Waals surface area contributed by atoms with Crippen LogP contribution in [0.2, 0.25) is 0 Å². The van der Waals surface area contributed by atoms with Crippen molar-refractivity contribution < 1.29 is 19.9 Å². The van der Waals surface area contributed by atoms with Gasteiger partial charge in [-0.25, -0.2) is 4.79 Å². The zero-order valence-electron chi connectivity index (χ0n) is 10.7. The van der Waals surface area contributed by atoms with Crippen molar-refractivity contribution in [1.82, 2.24) is 0 Å². The Kier molecular flexibility index (Phi) is 4.44. The number of anilines is 1. The van der Waals surface area contributed by atoms with Gasteiger partial charge in [0.1, 0.15) is 5.56 Å². The van der Waals surface area contributed by atoms with E-state index < -0.39 is 22.2 Å². The van der Waals surface area contributed by atoms with E-state index in [1.807, 2.05) is 6.92 Å². The third-order valence-electron chi connectivity index (χ3n) is 2.86. The van der Waals surface area contributed by atoms with Gasteiger partial charge in [-0.1, -0.05) is 6.92 Å². The van der Waals surface area contributed by atoms with Gasteiger partial charge in [-0.2, -0.15) is 0 Å². The van der Waals surface area contributed by atoms with Gasteiger partial charge in [-0.05, 0) is 25.5 Å². The highest BCUT2D eigenvalue weighted by Crippen LogP contribution is 2.23. The van der Waals surface area contributed by atoms with Crippen LogP contribution < -0.4 is 5.32 Å². The molecule has 0 radical (unpaired) electrons. The zero-order chi connectivity index (χ0) is 14.6. The molecule has 1 atom stereocenters. The lowest BCUT2D eigenvalue weighted by molar-refractivity contribution is -0.385. The summed E-state index contributed by atoms with van der Waals surface area (Å²) < 4.78 is 0. The first-order chi connectivity index (χ1) is 8.76. The topological polar surface area (TPSA) is 113 Å². The average molecular weight is 268 g/mol. The van der Waals surface area contributed by atoms with E-state index >= 15 is 0 Å². The third-order valence-corrected chi connectivity index (χ3v) is 2.86. The van der Waals surface area contributed by atoms with E-state index in [-0.39, 0.29) is 12.1 Å². The maximum absolute atomic E-state index is 11.0. The highest BCUT2D eigenvalue weighted by atomic mass is 16.6. The molecule has 0 bridgehead atoms. The first-order valence-corrected chi connectivity index (χ1v) is 5.75. The SMILES string of the molecule is CCC(C)(O)CNc1ccc([N+](=O)[O-])c(C(=O)O)c1. The first-order valence-electron chi connectivity index (χ1n) is 5.75. The summed E-state index contributed by atoms with van der Waals surface area (Å²) in [5.74, 6) is -1.36. The smallest absolute Gasteiger partial charge is 0.342 e. The average Bonchev–Trinajstić information content (AvgIpc) is 2.36. The number of aromatic carboxylic acids is 1. The lowest BCUT2D eigenvalue weighted by Crippen LogP contribution is -2.32. The molecule has 0 saturated heterocycles. The van der Waals surface area contributed by atoms with Crippen LogP contribution in [0.25, 0.3) is 0 Å². The van der Waals surface area contributed by atoms with E-state index in [9.17, 15) is 20.0 Å². The predicted octanol–water partition coefficient (Wildman–Crippen LogP) is 1.87. The molecular weight excluding hydrogens is 252 g/mol. The maximum Gasteiger partial charge on any atom is 0.342 e. The quantitative estimate of drug-likeness (QED) is 0.536. The Balaban J connectivity index is 2.97. The van der Waals surface area contributed by atoms with Crippen LogP contribution in [0.4, 0.5) is 11.4 Å². The van der Waals surface area contributed by atoms with Crippen molar-refractivity contribution in [2.75, 3.05) is 11.9 Å². The van der Waals surface area contributed by atoms with Crippen LogP contribution in [-0.2, 0) is 0 Å². The number of hydrogen-bond acceptors (Lipinski definition) is 5. The highest BCUT2D eigenvalue weighted by molar-refractivity contribution is 5.93. The Morgan fingerprint density at radius 3 is 2.63 bits per heavy atom. The molecule has 1 aromatic carbocycles. The largest absolute Gasteiger partial charge is 0.477 e. The van der Waals surface area contributed by atoms with Crippen molar-refractivity contribution >= 4 is 17.3 Å². The van der Waals surface area contributed by atoms with E-state index in [1.165, 1.54) is 12.1 Å². The number of nitrogens with one attached hydrogen (secondary N) is 1.